The second-order valence-corrected chi connectivity index (χ2v) is 7.57. The number of rotatable bonds is 2. The molecule has 2 aromatic carbocycles. The number of hydrogen-bond donors (Lipinski definition) is 3. The summed E-state index contributed by atoms with van der Waals surface area (Å²) < 4.78 is 31.5. The zero-order valence-electron chi connectivity index (χ0n) is 14.1. The second-order valence-electron chi connectivity index (χ2n) is 6.15. The molecule has 1 heterocycles. The summed E-state index contributed by atoms with van der Waals surface area (Å²) in [7, 11) is -4.23. The topological polar surface area (TPSA) is 132 Å². The molecule has 1 aliphatic heterocycles. The Morgan fingerprint density at radius 3 is 2.07 bits per heavy atom. The number of aliphatic hydroxyl groups excluding tert-OH is 1. The maximum absolute atomic E-state index is 11.2. The van der Waals surface area contributed by atoms with Crippen molar-refractivity contribution < 1.29 is 32.9 Å². The molecule has 1 fully saturated rings. The molecule has 0 aromatic heterocycles. The van der Waals surface area contributed by atoms with Gasteiger partial charge in [0.2, 0.25) is 0 Å². The second kappa shape index (κ2) is 7.20. The molecular weight excluding hydrogens is 374 g/mol. The summed E-state index contributed by atoms with van der Waals surface area (Å²) in [5.41, 5.74) is 3.62. The third-order valence-corrected chi connectivity index (χ3v) is 5.38. The van der Waals surface area contributed by atoms with Crippen molar-refractivity contribution in [1.29, 1.82) is 0 Å². The van der Waals surface area contributed by atoms with Crippen LogP contribution in [-0.4, -0.2) is 46.8 Å². The first kappa shape index (κ1) is 19.2. The number of nitrogens with zero attached hydrogens (tertiary/aromatic N) is 1. The molecule has 1 unspecified atom stereocenters. The van der Waals surface area contributed by atoms with Gasteiger partial charge in [-0.2, -0.15) is 13.5 Å². The lowest BCUT2D eigenvalue weighted by Gasteiger charge is -2.10. The number of hydrogen-bond acceptors (Lipinski definition) is 6. The molecule has 2 aromatic rings. The van der Waals surface area contributed by atoms with Gasteiger partial charge in [-0.3, -0.25) is 19.3 Å². The van der Waals surface area contributed by atoms with E-state index in [0.29, 0.717) is 0 Å². The Labute approximate surface area is 155 Å². The van der Waals surface area contributed by atoms with Crippen molar-refractivity contribution in [2.45, 2.75) is 23.7 Å². The van der Waals surface area contributed by atoms with Crippen molar-refractivity contribution in [3.8, 4) is 11.1 Å². The fraction of sp³-hybridized carbons (Fsp3) is 0.222. The van der Waals surface area contributed by atoms with Gasteiger partial charge in [0.05, 0.1) is 11.5 Å². The molecule has 2 amide bonds. The van der Waals surface area contributed by atoms with E-state index < -0.39 is 21.9 Å². The van der Waals surface area contributed by atoms with Crippen molar-refractivity contribution in [3.05, 3.63) is 53.6 Å². The van der Waals surface area contributed by atoms with E-state index in [1.165, 1.54) is 12.1 Å². The minimum absolute atomic E-state index is 0.0983. The van der Waals surface area contributed by atoms with E-state index >= 15 is 0 Å². The number of fused-ring (bicyclic) bond motifs is 3. The fourth-order valence-electron chi connectivity index (χ4n) is 3.21. The zero-order chi connectivity index (χ0) is 19.8. The smallest absolute Gasteiger partial charge is 0.294 e. The maximum Gasteiger partial charge on any atom is 0.294 e. The first-order valence-electron chi connectivity index (χ1n) is 8.10. The van der Waals surface area contributed by atoms with Gasteiger partial charge in [-0.25, -0.2) is 0 Å². The number of benzene rings is 2. The van der Waals surface area contributed by atoms with Crippen LogP contribution in [0.15, 0.2) is 47.4 Å². The highest BCUT2D eigenvalue weighted by atomic mass is 32.2. The zero-order valence-corrected chi connectivity index (χ0v) is 14.9. The number of hydroxylamine groups is 2. The van der Waals surface area contributed by atoms with Crippen LogP contribution in [-0.2, 0) is 19.7 Å². The average molecular weight is 391 g/mol. The van der Waals surface area contributed by atoms with Crippen LogP contribution in [0.2, 0.25) is 0 Å². The predicted octanol–water partition coefficient (Wildman–Crippen LogP) is 1.56. The minimum Gasteiger partial charge on any atom is -0.395 e. The molecule has 0 bridgehead atoms. The fourth-order valence-corrected chi connectivity index (χ4v) is 3.73. The lowest BCUT2D eigenvalue weighted by Crippen LogP contribution is -2.24. The Bertz CT molecular complexity index is 1000. The molecule has 142 valence electrons. The predicted molar refractivity (Wildman–Crippen MR) is 93.5 cm³/mol. The van der Waals surface area contributed by atoms with Gasteiger partial charge in [0, 0.05) is 18.8 Å². The van der Waals surface area contributed by atoms with Gasteiger partial charge in [-0.15, -0.1) is 0 Å². The van der Waals surface area contributed by atoms with E-state index in [-0.39, 0.29) is 35.3 Å². The highest BCUT2D eigenvalue weighted by molar-refractivity contribution is 7.85. The monoisotopic (exact) mass is 391 g/mol. The Morgan fingerprint density at radius 1 is 0.963 bits per heavy atom. The Balaban J connectivity index is 0.000000221. The third kappa shape index (κ3) is 3.62. The van der Waals surface area contributed by atoms with Gasteiger partial charge in [-0.05, 0) is 34.4 Å². The molecule has 1 saturated heterocycles. The maximum atomic E-state index is 11.2. The van der Waals surface area contributed by atoms with Crippen LogP contribution in [0.4, 0.5) is 0 Å². The van der Waals surface area contributed by atoms with Crippen LogP contribution >= 0.6 is 0 Å². The van der Waals surface area contributed by atoms with E-state index in [1.54, 1.807) is 6.07 Å². The quantitative estimate of drug-likeness (QED) is 0.402. The summed E-state index contributed by atoms with van der Waals surface area (Å²) in [4.78, 5) is 20.3. The third-order valence-electron chi connectivity index (χ3n) is 4.53. The molecule has 1 atom stereocenters. The van der Waals surface area contributed by atoms with E-state index in [9.17, 15) is 23.1 Å². The van der Waals surface area contributed by atoms with Gasteiger partial charge in [0.1, 0.15) is 0 Å². The number of amides is 2. The van der Waals surface area contributed by atoms with Crippen molar-refractivity contribution in [2.24, 2.45) is 0 Å². The van der Waals surface area contributed by atoms with Gasteiger partial charge in [-0.1, -0.05) is 30.3 Å². The molecule has 3 N–H and O–H groups in total. The summed E-state index contributed by atoms with van der Waals surface area (Å²) in [5.74, 6) is -1.25. The van der Waals surface area contributed by atoms with Crippen LogP contribution in [0.3, 0.4) is 0 Å². The summed E-state index contributed by atoms with van der Waals surface area (Å²) >= 11 is 0. The van der Waals surface area contributed by atoms with Crippen molar-refractivity contribution >= 4 is 21.9 Å². The molecule has 4 rings (SSSR count). The molecule has 0 radical (unpaired) electrons. The van der Waals surface area contributed by atoms with Crippen molar-refractivity contribution in [2.75, 3.05) is 6.61 Å². The van der Waals surface area contributed by atoms with Crippen LogP contribution < -0.4 is 0 Å². The first-order chi connectivity index (χ1) is 12.7. The Morgan fingerprint density at radius 2 is 1.56 bits per heavy atom. The van der Waals surface area contributed by atoms with Crippen LogP contribution in [0, 0.1) is 0 Å². The largest absolute Gasteiger partial charge is 0.395 e. The average Bonchev–Trinajstić information content (AvgIpc) is 3.12. The number of carbonyl (C=O) groups is 2. The molecule has 27 heavy (non-hydrogen) atoms. The molecule has 2 aliphatic rings. The molecule has 8 nitrogen and oxygen atoms in total. The number of aliphatic hydroxyl groups is 1. The standard InChI is InChI=1S/C14H12O4S.C4H5NO3/c15-8-14-11-4-2-1-3-10(11)12-6-5-9(7-13(12)14)19(16,17)18;6-3-1-2-4(7)5(3)8/h1-7,14-15H,8H2,(H,16,17,18);8H,1-2H2. The Kier molecular flexibility index (Phi) is 5.11. The normalized spacial score (nSPS) is 18.0. The number of carbonyl (C=O) groups excluding carboxylic acids is 2. The lowest BCUT2D eigenvalue weighted by molar-refractivity contribution is -0.171. The van der Waals surface area contributed by atoms with Gasteiger partial charge < -0.3 is 5.11 Å². The highest BCUT2D eigenvalue weighted by Crippen LogP contribution is 2.44. The van der Waals surface area contributed by atoms with E-state index in [4.69, 9.17) is 9.76 Å². The van der Waals surface area contributed by atoms with E-state index in [2.05, 4.69) is 0 Å². The van der Waals surface area contributed by atoms with Gasteiger partial charge in [0.15, 0.2) is 0 Å². The van der Waals surface area contributed by atoms with Crippen LogP contribution in [0.1, 0.15) is 29.9 Å². The lowest BCUT2D eigenvalue weighted by atomic mass is 9.98. The van der Waals surface area contributed by atoms with E-state index in [1.807, 2.05) is 24.3 Å². The van der Waals surface area contributed by atoms with Gasteiger partial charge >= 0.3 is 0 Å². The summed E-state index contributed by atoms with van der Waals surface area (Å²) in [6.45, 7) is -0.0983. The summed E-state index contributed by atoms with van der Waals surface area (Å²) in [6.07, 6.45) is 0.296. The van der Waals surface area contributed by atoms with Gasteiger partial charge in [0.25, 0.3) is 21.9 Å². The summed E-state index contributed by atoms with van der Waals surface area (Å²) in [5, 5.41) is 18.1. The SMILES string of the molecule is O=C1CCC(=O)N1O.O=S(=O)(O)c1ccc2c(c1)C(CO)c1ccccc1-2. The summed E-state index contributed by atoms with van der Waals surface area (Å²) in [6, 6.07) is 12.1. The van der Waals surface area contributed by atoms with Crippen molar-refractivity contribution in [1.82, 2.24) is 5.06 Å². The van der Waals surface area contributed by atoms with Crippen LogP contribution in [0.5, 0.6) is 0 Å². The molecular formula is C18H17NO7S. The number of imide groups is 1. The van der Waals surface area contributed by atoms with E-state index in [0.717, 1.165) is 22.3 Å². The molecule has 1 aliphatic carbocycles. The molecule has 0 saturated carbocycles. The molecule has 0 spiro atoms. The minimum atomic E-state index is -4.23. The van der Waals surface area contributed by atoms with Crippen LogP contribution in [0.25, 0.3) is 11.1 Å². The molecule has 9 heteroatoms. The Hall–Kier alpha value is -2.59. The first-order valence-corrected chi connectivity index (χ1v) is 9.54. The van der Waals surface area contributed by atoms with Crippen molar-refractivity contribution in [3.63, 3.8) is 0 Å². The highest BCUT2D eigenvalue weighted by Gasteiger charge is 2.29.